The Kier molecular flexibility index (Phi) is 7.98. The minimum absolute atomic E-state index is 0.943. The molecule has 3 heteroatoms. The lowest BCUT2D eigenvalue weighted by Gasteiger charge is -2.18. The number of anilines is 1. The summed E-state index contributed by atoms with van der Waals surface area (Å²) in [4.78, 5) is 4.44. The summed E-state index contributed by atoms with van der Waals surface area (Å²) in [6.45, 7) is 5.53. The van der Waals surface area contributed by atoms with Gasteiger partial charge >= 0.3 is 0 Å². The van der Waals surface area contributed by atoms with Gasteiger partial charge in [0.25, 0.3) is 0 Å². The molecule has 0 fully saturated rings. The molecule has 1 aromatic heterocycles. The maximum absolute atomic E-state index is 4.44. The topological polar surface area (TPSA) is 24.9 Å². The molecule has 0 amide bonds. The first kappa shape index (κ1) is 20.5. The van der Waals surface area contributed by atoms with Crippen LogP contribution in [0.5, 0.6) is 0 Å². The van der Waals surface area contributed by atoms with Crippen molar-refractivity contribution in [1.82, 2.24) is 4.98 Å². The van der Waals surface area contributed by atoms with Crippen molar-refractivity contribution >= 4 is 17.4 Å². The molecule has 0 bridgehead atoms. The SMILES string of the molecule is CCCCNc1cc(CSc2ccccn2)cc(CC)c1Cc1ccccc1. The molecule has 3 rings (SSSR count). The summed E-state index contributed by atoms with van der Waals surface area (Å²) < 4.78 is 0. The minimum atomic E-state index is 0.943. The second-order valence-corrected chi connectivity index (χ2v) is 8.03. The van der Waals surface area contributed by atoms with Gasteiger partial charge < -0.3 is 5.32 Å². The number of aromatic nitrogens is 1. The number of benzene rings is 2. The van der Waals surface area contributed by atoms with E-state index >= 15 is 0 Å². The molecule has 0 atom stereocenters. The molecule has 0 aliphatic rings. The molecule has 1 N–H and O–H groups in total. The van der Waals surface area contributed by atoms with Gasteiger partial charge in [-0.1, -0.05) is 62.7 Å². The summed E-state index contributed by atoms with van der Waals surface area (Å²) in [6.07, 6.45) is 6.29. The largest absolute Gasteiger partial charge is 0.385 e. The highest BCUT2D eigenvalue weighted by molar-refractivity contribution is 7.98. The number of nitrogens with zero attached hydrogens (tertiary/aromatic N) is 1. The van der Waals surface area contributed by atoms with Gasteiger partial charge in [0, 0.05) is 24.2 Å². The van der Waals surface area contributed by atoms with Crippen molar-refractivity contribution in [3.05, 3.63) is 89.1 Å². The molecule has 0 aliphatic heterocycles. The summed E-state index contributed by atoms with van der Waals surface area (Å²) in [5.74, 6) is 0.943. The second kappa shape index (κ2) is 10.9. The Balaban J connectivity index is 1.86. The summed E-state index contributed by atoms with van der Waals surface area (Å²) >= 11 is 1.80. The van der Waals surface area contributed by atoms with E-state index < -0.39 is 0 Å². The molecule has 2 nitrogen and oxygen atoms in total. The Labute approximate surface area is 173 Å². The van der Waals surface area contributed by atoms with Gasteiger partial charge in [0.05, 0.1) is 5.03 Å². The van der Waals surface area contributed by atoms with Crippen LogP contribution in [0.15, 0.2) is 71.9 Å². The van der Waals surface area contributed by atoms with Crippen LogP contribution >= 0.6 is 11.8 Å². The Morgan fingerprint density at radius 2 is 1.75 bits per heavy atom. The number of aryl methyl sites for hydroxylation is 1. The molecule has 0 spiro atoms. The third-order valence-electron chi connectivity index (χ3n) is 4.88. The molecule has 0 saturated carbocycles. The molecule has 2 aromatic carbocycles. The van der Waals surface area contributed by atoms with Crippen LogP contribution in [-0.2, 0) is 18.6 Å². The van der Waals surface area contributed by atoms with E-state index in [-0.39, 0.29) is 0 Å². The maximum Gasteiger partial charge on any atom is 0.0963 e. The lowest BCUT2D eigenvalue weighted by Crippen LogP contribution is -2.08. The molecule has 1 heterocycles. The highest BCUT2D eigenvalue weighted by Crippen LogP contribution is 2.29. The zero-order chi connectivity index (χ0) is 19.6. The molecule has 0 aliphatic carbocycles. The summed E-state index contributed by atoms with van der Waals surface area (Å²) in [6, 6.07) is 21.6. The quantitative estimate of drug-likeness (QED) is 0.306. The minimum Gasteiger partial charge on any atom is -0.385 e. The summed E-state index contributed by atoms with van der Waals surface area (Å²) in [7, 11) is 0. The molecule has 146 valence electrons. The molecule has 0 saturated heterocycles. The fourth-order valence-corrected chi connectivity index (χ4v) is 4.14. The normalized spacial score (nSPS) is 10.8. The first-order chi connectivity index (χ1) is 13.8. The van der Waals surface area contributed by atoms with Crippen molar-refractivity contribution in [1.29, 1.82) is 0 Å². The standard InChI is InChI=1S/C25H30N2S/c1-3-5-14-26-24-18-21(19-28-25-13-9-10-15-27-25)16-22(4-2)23(24)17-20-11-7-6-8-12-20/h6-13,15-16,18,26H,3-5,14,17,19H2,1-2H3. The number of hydrogen-bond donors (Lipinski definition) is 1. The molecule has 0 radical (unpaired) electrons. The van der Waals surface area contributed by atoms with Crippen molar-refractivity contribution in [3.8, 4) is 0 Å². The molecular formula is C25H30N2S. The fraction of sp³-hybridized carbons (Fsp3) is 0.320. The summed E-state index contributed by atoms with van der Waals surface area (Å²) in [5.41, 5.74) is 6.92. The van der Waals surface area contributed by atoms with E-state index in [0.29, 0.717) is 0 Å². The number of unbranched alkanes of at least 4 members (excludes halogenated alkanes) is 1. The Morgan fingerprint density at radius 1 is 0.929 bits per heavy atom. The number of rotatable bonds is 10. The zero-order valence-corrected chi connectivity index (χ0v) is 17.8. The van der Waals surface area contributed by atoms with E-state index in [1.807, 2.05) is 18.3 Å². The van der Waals surface area contributed by atoms with Gasteiger partial charge in [-0.3, -0.25) is 0 Å². The van der Waals surface area contributed by atoms with Gasteiger partial charge in [0.1, 0.15) is 0 Å². The molecule has 3 aromatic rings. The van der Waals surface area contributed by atoms with E-state index in [9.17, 15) is 0 Å². The van der Waals surface area contributed by atoms with E-state index in [0.717, 1.165) is 30.2 Å². The van der Waals surface area contributed by atoms with Crippen LogP contribution in [0.3, 0.4) is 0 Å². The number of thioether (sulfide) groups is 1. The number of nitrogens with one attached hydrogen (secondary N) is 1. The van der Waals surface area contributed by atoms with Crippen molar-refractivity contribution in [2.75, 3.05) is 11.9 Å². The molecular weight excluding hydrogens is 360 g/mol. The third-order valence-corrected chi connectivity index (χ3v) is 5.89. The Bertz CT molecular complexity index is 847. The zero-order valence-electron chi connectivity index (χ0n) is 16.9. The predicted molar refractivity (Wildman–Crippen MR) is 122 cm³/mol. The van der Waals surface area contributed by atoms with Crippen molar-refractivity contribution in [2.45, 2.75) is 50.3 Å². The van der Waals surface area contributed by atoms with Crippen molar-refractivity contribution < 1.29 is 0 Å². The van der Waals surface area contributed by atoms with Gasteiger partial charge in [-0.2, -0.15) is 0 Å². The Morgan fingerprint density at radius 3 is 2.46 bits per heavy atom. The van der Waals surface area contributed by atoms with Gasteiger partial charge in [-0.05, 0) is 59.7 Å². The monoisotopic (exact) mass is 390 g/mol. The molecule has 0 unspecified atom stereocenters. The molecule has 28 heavy (non-hydrogen) atoms. The van der Waals surface area contributed by atoms with Crippen molar-refractivity contribution in [3.63, 3.8) is 0 Å². The number of pyridine rings is 1. The van der Waals surface area contributed by atoms with Crippen LogP contribution in [-0.4, -0.2) is 11.5 Å². The lowest BCUT2D eigenvalue weighted by atomic mass is 9.94. The van der Waals surface area contributed by atoms with Crippen LogP contribution in [0.4, 0.5) is 5.69 Å². The van der Waals surface area contributed by atoms with E-state index in [1.54, 1.807) is 11.8 Å². The van der Waals surface area contributed by atoms with Crippen molar-refractivity contribution in [2.24, 2.45) is 0 Å². The van der Waals surface area contributed by atoms with Crippen LogP contribution in [0.25, 0.3) is 0 Å². The average Bonchev–Trinajstić information content (AvgIpc) is 2.75. The first-order valence-electron chi connectivity index (χ1n) is 10.3. The van der Waals surface area contributed by atoms with Gasteiger partial charge in [0.15, 0.2) is 0 Å². The number of hydrogen-bond acceptors (Lipinski definition) is 3. The average molecular weight is 391 g/mol. The maximum atomic E-state index is 4.44. The van der Waals surface area contributed by atoms with E-state index in [1.165, 1.54) is 40.8 Å². The second-order valence-electron chi connectivity index (χ2n) is 7.03. The predicted octanol–water partition coefficient (Wildman–Crippen LogP) is 6.74. The van der Waals surface area contributed by atoms with Crippen LogP contribution in [0.2, 0.25) is 0 Å². The first-order valence-corrected chi connectivity index (χ1v) is 11.2. The highest BCUT2D eigenvalue weighted by Gasteiger charge is 2.11. The van der Waals surface area contributed by atoms with Gasteiger partial charge in [0.2, 0.25) is 0 Å². The van der Waals surface area contributed by atoms with E-state index in [4.69, 9.17) is 0 Å². The highest BCUT2D eigenvalue weighted by atomic mass is 32.2. The van der Waals surface area contributed by atoms with Crippen LogP contribution in [0.1, 0.15) is 48.9 Å². The third kappa shape index (κ3) is 5.87. The summed E-state index contributed by atoms with van der Waals surface area (Å²) in [5, 5.41) is 4.80. The fourth-order valence-electron chi connectivity index (χ4n) is 3.35. The smallest absolute Gasteiger partial charge is 0.0963 e. The van der Waals surface area contributed by atoms with Gasteiger partial charge in [-0.15, -0.1) is 11.8 Å². The van der Waals surface area contributed by atoms with Crippen LogP contribution in [0, 0.1) is 0 Å². The Hall–Kier alpha value is -2.26. The van der Waals surface area contributed by atoms with Crippen LogP contribution < -0.4 is 5.32 Å². The van der Waals surface area contributed by atoms with E-state index in [2.05, 4.69) is 72.7 Å². The van der Waals surface area contributed by atoms with Gasteiger partial charge in [-0.25, -0.2) is 4.98 Å². The lowest BCUT2D eigenvalue weighted by molar-refractivity contribution is 0.832.